The molecule has 4 aliphatic rings. The normalized spacial score (nSPS) is 45.6. The molecule has 5 rings (SSSR count). The van der Waals surface area contributed by atoms with Gasteiger partial charge in [-0.15, -0.1) is 0 Å². The Balaban J connectivity index is 1.60. The van der Waals surface area contributed by atoms with Crippen LogP contribution in [-0.4, -0.2) is 12.9 Å². The van der Waals surface area contributed by atoms with E-state index in [1.807, 2.05) is 6.92 Å². The zero-order valence-electron chi connectivity index (χ0n) is 16.7. The van der Waals surface area contributed by atoms with Gasteiger partial charge < -0.3 is 4.74 Å². The molecule has 0 spiro atoms. The minimum atomic E-state index is -0.0435. The largest absolute Gasteiger partial charge is 0.497 e. The first-order valence-electron chi connectivity index (χ1n) is 10.6. The van der Waals surface area contributed by atoms with Gasteiger partial charge in [-0.3, -0.25) is 4.79 Å². The van der Waals surface area contributed by atoms with E-state index in [4.69, 9.17) is 4.74 Å². The number of carbonyl (C=O) groups excluding carboxylic acids is 1. The Morgan fingerprint density at radius 2 is 2.00 bits per heavy atom. The van der Waals surface area contributed by atoms with E-state index in [-0.39, 0.29) is 10.8 Å². The lowest BCUT2D eigenvalue weighted by atomic mass is 9.46. The van der Waals surface area contributed by atoms with Crippen LogP contribution in [0.4, 0.5) is 0 Å². The summed E-state index contributed by atoms with van der Waals surface area (Å²) in [4.78, 5) is 12.9. The Kier molecular flexibility index (Phi) is 3.33. The molecule has 0 N–H and O–H groups in total. The van der Waals surface area contributed by atoms with Crippen molar-refractivity contribution in [3.05, 3.63) is 29.3 Å². The van der Waals surface area contributed by atoms with E-state index < -0.39 is 0 Å². The third kappa shape index (κ3) is 1.64. The van der Waals surface area contributed by atoms with Gasteiger partial charge in [0.05, 0.1) is 7.11 Å². The first-order valence-corrected chi connectivity index (χ1v) is 10.6. The number of rotatable bonds is 2. The van der Waals surface area contributed by atoms with E-state index in [1.54, 1.807) is 12.7 Å². The SMILES string of the molecule is COc1ccc2c(c1)CC[C@@H]1[C@@H]2CC[C@@]2(C)C13CC[C@]2(C(C)=O)C(C)C3. The van der Waals surface area contributed by atoms with E-state index >= 15 is 0 Å². The van der Waals surface area contributed by atoms with Crippen LogP contribution in [0, 0.1) is 28.1 Å². The highest BCUT2D eigenvalue weighted by molar-refractivity contribution is 5.85. The maximum atomic E-state index is 12.9. The third-order valence-corrected chi connectivity index (χ3v) is 9.81. The lowest BCUT2D eigenvalue weighted by Gasteiger charge is -2.57. The molecule has 0 heterocycles. The van der Waals surface area contributed by atoms with Crippen molar-refractivity contribution in [3.63, 3.8) is 0 Å². The van der Waals surface area contributed by atoms with Crippen molar-refractivity contribution < 1.29 is 9.53 Å². The fourth-order valence-corrected chi connectivity index (χ4v) is 8.86. The number of hydrogen-bond donors (Lipinski definition) is 0. The zero-order chi connectivity index (χ0) is 18.3. The van der Waals surface area contributed by atoms with Gasteiger partial charge in [0.15, 0.2) is 0 Å². The number of carbonyl (C=O) groups is 1. The Morgan fingerprint density at radius 1 is 1.19 bits per heavy atom. The molecule has 140 valence electrons. The van der Waals surface area contributed by atoms with Gasteiger partial charge in [0.25, 0.3) is 0 Å². The van der Waals surface area contributed by atoms with Gasteiger partial charge in [-0.25, -0.2) is 0 Å². The molecule has 1 aromatic rings. The Labute approximate surface area is 157 Å². The van der Waals surface area contributed by atoms with Crippen LogP contribution in [0.3, 0.4) is 0 Å². The molecule has 0 saturated heterocycles. The van der Waals surface area contributed by atoms with Crippen LogP contribution < -0.4 is 4.74 Å². The maximum Gasteiger partial charge on any atom is 0.136 e. The first kappa shape index (κ1) is 16.8. The van der Waals surface area contributed by atoms with Crippen LogP contribution in [-0.2, 0) is 11.2 Å². The van der Waals surface area contributed by atoms with Gasteiger partial charge >= 0.3 is 0 Å². The first-order chi connectivity index (χ1) is 12.4. The van der Waals surface area contributed by atoms with Crippen LogP contribution in [0.25, 0.3) is 0 Å². The van der Waals surface area contributed by atoms with Crippen molar-refractivity contribution in [2.24, 2.45) is 28.1 Å². The molecule has 0 aliphatic heterocycles. The summed E-state index contributed by atoms with van der Waals surface area (Å²) in [6, 6.07) is 6.76. The van der Waals surface area contributed by atoms with Gasteiger partial charge in [0.1, 0.15) is 11.5 Å². The second-order valence-electron chi connectivity index (χ2n) is 9.98. The molecule has 4 aliphatic carbocycles. The maximum absolute atomic E-state index is 12.9. The Hall–Kier alpha value is -1.31. The van der Waals surface area contributed by atoms with E-state index in [1.165, 1.54) is 44.1 Å². The molecule has 2 nitrogen and oxygen atoms in total. The molecule has 0 radical (unpaired) electrons. The van der Waals surface area contributed by atoms with Gasteiger partial charge in [-0.2, -0.15) is 0 Å². The van der Waals surface area contributed by atoms with Crippen LogP contribution in [0.5, 0.6) is 5.75 Å². The van der Waals surface area contributed by atoms with E-state index in [0.29, 0.717) is 23.0 Å². The van der Waals surface area contributed by atoms with Gasteiger partial charge in [0, 0.05) is 5.41 Å². The zero-order valence-corrected chi connectivity index (χ0v) is 16.7. The molecule has 2 heteroatoms. The molecular formula is C24H32O2. The van der Waals surface area contributed by atoms with Crippen molar-refractivity contribution in [1.29, 1.82) is 0 Å². The van der Waals surface area contributed by atoms with Crippen molar-refractivity contribution >= 4 is 5.78 Å². The number of aryl methyl sites for hydroxylation is 1. The molecule has 6 atom stereocenters. The van der Waals surface area contributed by atoms with Crippen molar-refractivity contribution in [2.75, 3.05) is 7.11 Å². The highest BCUT2D eigenvalue weighted by Gasteiger charge is 2.77. The van der Waals surface area contributed by atoms with Gasteiger partial charge in [-0.05, 0) is 104 Å². The average Bonchev–Trinajstić information content (AvgIpc) is 3.02. The predicted molar refractivity (Wildman–Crippen MR) is 103 cm³/mol. The minimum Gasteiger partial charge on any atom is -0.497 e. The number of ketones is 1. The predicted octanol–water partition coefficient (Wildman–Crippen LogP) is 5.54. The lowest BCUT2D eigenvalue weighted by molar-refractivity contribution is -0.138. The summed E-state index contributed by atoms with van der Waals surface area (Å²) in [5.74, 6) is 3.46. The molecule has 3 fully saturated rings. The second-order valence-corrected chi connectivity index (χ2v) is 9.98. The second kappa shape index (κ2) is 5.14. The van der Waals surface area contributed by atoms with Crippen molar-refractivity contribution in [1.82, 2.24) is 0 Å². The molecule has 0 aromatic heterocycles. The summed E-state index contributed by atoms with van der Waals surface area (Å²) in [6.45, 7) is 6.77. The summed E-state index contributed by atoms with van der Waals surface area (Å²) in [5.41, 5.74) is 3.65. The molecule has 2 unspecified atom stereocenters. The quantitative estimate of drug-likeness (QED) is 0.699. The summed E-state index contributed by atoms with van der Waals surface area (Å²) in [7, 11) is 1.76. The third-order valence-electron chi connectivity index (χ3n) is 9.81. The highest BCUT2D eigenvalue weighted by Crippen LogP contribution is 2.82. The molecule has 2 bridgehead atoms. The van der Waals surface area contributed by atoms with Crippen molar-refractivity contribution in [3.8, 4) is 5.75 Å². The fraction of sp³-hybridized carbons (Fsp3) is 0.708. The fourth-order valence-electron chi connectivity index (χ4n) is 8.86. The molecule has 1 aromatic carbocycles. The smallest absolute Gasteiger partial charge is 0.136 e. The van der Waals surface area contributed by atoms with E-state index in [9.17, 15) is 4.79 Å². The summed E-state index contributed by atoms with van der Waals surface area (Å²) in [6.07, 6.45) is 8.64. The number of ether oxygens (including phenoxy) is 1. The highest BCUT2D eigenvalue weighted by atomic mass is 16.5. The van der Waals surface area contributed by atoms with Crippen LogP contribution in [0.1, 0.15) is 76.3 Å². The number of hydrogen-bond acceptors (Lipinski definition) is 2. The summed E-state index contributed by atoms with van der Waals surface area (Å²) in [5, 5.41) is 0. The molecule has 26 heavy (non-hydrogen) atoms. The molecule has 0 amide bonds. The average molecular weight is 353 g/mol. The summed E-state index contributed by atoms with van der Waals surface area (Å²) >= 11 is 0. The topological polar surface area (TPSA) is 26.3 Å². The van der Waals surface area contributed by atoms with Crippen molar-refractivity contribution in [2.45, 2.75) is 71.6 Å². The van der Waals surface area contributed by atoms with E-state index in [0.717, 1.165) is 18.1 Å². The van der Waals surface area contributed by atoms with Crippen LogP contribution in [0.2, 0.25) is 0 Å². The molecule has 3 saturated carbocycles. The molecular weight excluding hydrogens is 320 g/mol. The lowest BCUT2D eigenvalue weighted by Crippen LogP contribution is -2.51. The van der Waals surface area contributed by atoms with Gasteiger partial charge in [-0.1, -0.05) is 19.9 Å². The Bertz CT molecular complexity index is 782. The summed E-state index contributed by atoms with van der Waals surface area (Å²) < 4.78 is 5.47. The number of benzene rings is 1. The van der Waals surface area contributed by atoms with Crippen LogP contribution >= 0.6 is 0 Å². The Morgan fingerprint density at radius 3 is 2.69 bits per heavy atom. The number of fused-ring (bicyclic) bond motifs is 3. The van der Waals surface area contributed by atoms with Crippen LogP contribution in [0.15, 0.2) is 18.2 Å². The monoisotopic (exact) mass is 352 g/mol. The van der Waals surface area contributed by atoms with E-state index in [2.05, 4.69) is 32.0 Å². The number of methoxy groups -OCH3 is 1. The standard InChI is InChI=1S/C24H32O2/c1-15-14-23-11-12-24(15,16(2)25)22(23,3)10-9-20-19-7-6-18(26-4)13-17(19)5-8-21(20)23/h6-7,13,15,20-21H,5,8-12,14H2,1-4H3/t15?,20-,21-,22+,23?,24-/m1/s1. The number of Topliss-reactive ketones (excluding diaryl/α,β-unsaturated/α-hetero) is 1. The van der Waals surface area contributed by atoms with Gasteiger partial charge in [0.2, 0.25) is 0 Å². The minimum absolute atomic E-state index is 0.0435.